The van der Waals surface area contributed by atoms with Crippen LogP contribution < -0.4 is 0 Å². The third-order valence-electron chi connectivity index (χ3n) is 5.73. The predicted molar refractivity (Wildman–Crippen MR) is 103 cm³/mol. The van der Waals surface area contributed by atoms with E-state index in [9.17, 15) is 4.79 Å². The molecule has 0 bridgehead atoms. The van der Waals surface area contributed by atoms with Crippen molar-refractivity contribution in [2.75, 3.05) is 13.1 Å². The maximum Gasteiger partial charge on any atom is 0.222 e. The smallest absolute Gasteiger partial charge is 0.222 e. The van der Waals surface area contributed by atoms with Gasteiger partial charge in [-0.05, 0) is 50.8 Å². The summed E-state index contributed by atoms with van der Waals surface area (Å²) < 4.78 is 3.93. The van der Waals surface area contributed by atoms with Gasteiger partial charge in [0.15, 0.2) is 5.65 Å². The summed E-state index contributed by atoms with van der Waals surface area (Å²) in [6.07, 6.45) is 5.32. The molecule has 1 atom stereocenters. The molecule has 0 radical (unpaired) electrons. The number of aromatic nitrogens is 5. The summed E-state index contributed by atoms with van der Waals surface area (Å²) in [4.78, 5) is 14.8. The lowest BCUT2D eigenvalue weighted by molar-refractivity contribution is -0.132. The lowest BCUT2D eigenvalue weighted by Gasteiger charge is -2.32. The molecule has 0 N–H and O–H groups in total. The number of fused-ring (bicyclic) bond motifs is 1. The Morgan fingerprint density at radius 2 is 2.11 bits per heavy atom. The summed E-state index contributed by atoms with van der Waals surface area (Å²) in [6.45, 7) is 5.63. The van der Waals surface area contributed by atoms with Gasteiger partial charge in [-0.1, -0.05) is 6.07 Å². The van der Waals surface area contributed by atoms with Crippen molar-refractivity contribution in [3.05, 3.63) is 47.2 Å². The number of aryl methyl sites for hydroxylation is 2. The number of amides is 1. The third-order valence-corrected chi connectivity index (χ3v) is 5.73. The molecule has 7 nitrogen and oxygen atoms in total. The van der Waals surface area contributed by atoms with Crippen molar-refractivity contribution >= 4 is 11.6 Å². The van der Waals surface area contributed by atoms with E-state index >= 15 is 0 Å². The van der Waals surface area contributed by atoms with Gasteiger partial charge < -0.3 is 4.90 Å². The van der Waals surface area contributed by atoms with Crippen molar-refractivity contribution in [1.82, 2.24) is 29.3 Å². The second-order valence-electron chi connectivity index (χ2n) is 7.44. The van der Waals surface area contributed by atoms with Gasteiger partial charge in [0.05, 0.1) is 5.69 Å². The fourth-order valence-electron chi connectivity index (χ4n) is 4.12. The van der Waals surface area contributed by atoms with Crippen LogP contribution >= 0.6 is 0 Å². The molecule has 27 heavy (non-hydrogen) atoms. The van der Waals surface area contributed by atoms with E-state index in [-0.39, 0.29) is 11.8 Å². The molecule has 1 aliphatic heterocycles. The number of carbonyl (C=O) groups excluding carboxylic acids is 1. The van der Waals surface area contributed by atoms with E-state index in [0.717, 1.165) is 55.2 Å². The second-order valence-corrected chi connectivity index (χ2v) is 7.44. The van der Waals surface area contributed by atoms with Gasteiger partial charge >= 0.3 is 0 Å². The average Bonchev–Trinajstić information content (AvgIpc) is 3.21. The van der Waals surface area contributed by atoms with E-state index in [1.54, 1.807) is 0 Å². The Morgan fingerprint density at radius 1 is 1.26 bits per heavy atom. The normalized spacial score (nSPS) is 17.6. The van der Waals surface area contributed by atoms with Crippen LogP contribution in [0.1, 0.15) is 48.0 Å². The number of pyridine rings is 1. The van der Waals surface area contributed by atoms with E-state index in [1.807, 2.05) is 52.3 Å². The van der Waals surface area contributed by atoms with E-state index in [4.69, 9.17) is 0 Å². The first-order chi connectivity index (χ1) is 13.0. The minimum Gasteiger partial charge on any atom is -0.342 e. The van der Waals surface area contributed by atoms with E-state index < -0.39 is 0 Å². The summed E-state index contributed by atoms with van der Waals surface area (Å²) in [5.74, 6) is 1.42. The quantitative estimate of drug-likeness (QED) is 0.711. The highest BCUT2D eigenvalue weighted by atomic mass is 16.2. The highest BCUT2D eigenvalue weighted by Gasteiger charge is 2.28. The molecule has 1 fully saturated rings. The predicted octanol–water partition coefficient (Wildman–Crippen LogP) is 2.42. The summed E-state index contributed by atoms with van der Waals surface area (Å²) in [7, 11) is 1.95. The molecular weight excluding hydrogens is 340 g/mol. The number of nitrogens with zero attached hydrogens (tertiary/aromatic N) is 6. The van der Waals surface area contributed by atoms with Crippen molar-refractivity contribution in [2.24, 2.45) is 7.05 Å². The van der Waals surface area contributed by atoms with Crippen LogP contribution in [-0.4, -0.2) is 48.3 Å². The number of hydrogen-bond acceptors (Lipinski definition) is 4. The summed E-state index contributed by atoms with van der Waals surface area (Å²) >= 11 is 0. The van der Waals surface area contributed by atoms with Crippen LogP contribution in [-0.2, 0) is 18.3 Å². The Morgan fingerprint density at radius 3 is 2.89 bits per heavy atom. The van der Waals surface area contributed by atoms with Gasteiger partial charge in [0.25, 0.3) is 0 Å². The molecule has 4 heterocycles. The number of carbonyl (C=O) groups is 1. The SMILES string of the molecule is Cc1nn(C)c(C)c1CCC(=O)N1CCCC(c2nnc3ccccn23)C1. The average molecular weight is 366 g/mol. The Bertz CT molecular complexity index is 972. The Labute approximate surface area is 159 Å². The van der Waals surface area contributed by atoms with Crippen LogP contribution in [0.25, 0.3) is 5.65 Å². The van der Waals surface area contributed by atoms with Gasteiger partial charge in [0.2, 0.25) is 5.91 Å². The highest BCUT2D eigenvalue weighted by molar-refractivity contribution is 5.76. The Kier molecular flexibility index (Phi) is 4.68. The van der Waals surface area contributed by atoms with Crippen LogP contribution in [0.5, 0.6) is 0 Å². The molecule has 0 aliphatic carbocycles. The van der Waals surface area contributed by atoms with E-state index in [0.29, 0.717) is 6.42 Å². The fraction of sp³-hybridized carbons (Fsp3) is 0.500. The number of piperidine rings is 1. The lowest BCUT2D eigenvalue weighted by atomic mass is 9.96. The summed E-state index contributed by atoms with van der Waals surface area (Å²) in [6, 6.07) is 5.91. The maximum absolute atomic E-state index is 12.8. The van der Waals surface area contributed by atoms with Crippen molar-refractivity contribution in [3.63, 3.8) is 0 Å². The Hall–Kier alpha value is -2.70. The second kappa shape index (κ2) is 7.13. The molecule has 142 valence electrons. The zero-order chi connectivity index (χ0) is 19.0. The first-order valence-corrected chi connectivity index (χ1v) is 9.61. The first-order valence-electron chi connectivity index (χ1n) is 9.61. The molecule has 1 amide bonds. The van der Waals surface area contributed by atoms with Crippen LogP contribution in [0, 0.1) is 13.8 Å². The van der Waals surface area contributed by atoms with Crippen molar-refractivity contribution < 1.29 is 4.79 Å². The van der Waals surface area contributed by atoms with Gasteiger partial charge in [0, 0.05) is 44.4 Å². The topological polar surface area (TPSA) is 68.3 Å². The van der Waals surface area contributed by atoms with Crippen molar-refractivity contribution in [2.45, 2.75) is 45.4 Å². The van der Waals surface area contributed by atoms with Gasteiger partial charge in [0.1, 0.15) is 5.82 Å². The van der Waals surface area contributed by atoms with Gasteiger partial charge in [-0.3, -0.25) is 13.9 Å². The molecule has 1 aliphatic rings. The van der Waals surface area contributed by atoms with E-state index in [1.165, 1.54) is 5.56 Å². The molecule has 0 spiro atoms. The summed E-state index contributed by atoms with van der Waals surface area (Å²) in [5, 5.41) is 13.1. The Balaban J connectivity index is 1.44. The standard InChI is InChI=1S/C20H26N6O/c1-14-17(15(2)24(3)23-14)9-10-19(27)25-11-6-7-16(13-25)20-22-21-18-8-4-5-12-26(18)20/h4-5,8,12,16H,6-7,9-11,13H2,1-3H3. The zero-order valence-electron chi connectivity index (χ0n) is 16.2. The monoisotopic (exact) mass is 366 g/mol. The molecule has 0 aromatic carbocycles. The lowest BCUT2D eigenvalue weighted by Crippen LogP contribution is -2.39. The molecule has 3 aromatic heterocycles. The van der Waals surface area contributed by atoms with Gasteiger partial charge in [-0.25, -0.2) is 0 Å². The van der Waals surface area contributed by atoms with Crippen LogP contribution in [0.4, 0.5) is 0 Å². The molecule has 1 saturated heterocycles. The number of likely N-dealkylation sites (tertiary alicyclic amines) is 1. The third kappa shape index (κ3) is 3.34. The minimum atomic E-state index is 0.219. The maximum atomic E-state index is 12.8. The zero-order valence-corrected chi connectivity index (χ0v) is 16.2. The molecule has 7 heteroatoms. The largest absolute Gasteiger partial charge is 0.342 e. The fourth-order valence-corrected chi connectivity index (χ4v) is 4.12. The number of rotatable bonds is 4. The minimum absolute atomic E-state index is 0.219. The van der Waals surface area contributed by atoms with Gasteiger partial charge in [-0.2, -0.15) is 5.10 Å². The highest BCUT2D eigenvalue weighted by Crippen LogP contribution is 2.26. The number of hydrogen-bond donors (Lipinski definition) is 0. The van der Waals surface area contributed by atoms with Crippen LogP contribution in [0.3, 0.4) is 0 Å². The van der Waals surface area contributed by atoms with Crippen molar-refractivity contribution in [1.29, 1.82) is 0 Å². The van der Waals surface area contributed by atoms with E-state index in [2.05, 4.69) is 22.2 Å². The van der Waals surface area contributed by atoms with Crippen LogP contribution in [0.15, 0.2) is 24.4 Å². The van der Waals surface area contributed by atoms with Gasteiger partial charge in [-0.15, -0.1) is 10.2 Å². The summed E-state index contributed by atoms with van der Waals surface area (Å²) in [5.41, 5.74) is 4.22. The first kappa shape index (κ1) is 17.7. The molecule has 1 unspecified atom stereocenters. The molecule has 3 aromatic rings. The molecule has 0 saturated carbocycles. The van der Waals surface area contributed by atoms with Crippen molar-refractivity contribution in [3.8, 4) is 0 Å². The molecule has 4 rings (SSSR count). The molecular formula is C20H26N6O. The van der Waals surface area contributed by atoms with Crippen LogP contribution in [0.2, 0.25) is 0 Å².